The fourth-order valence-corrected chi connectivity index (χ4v) is 3.61. The Labute approximate surface area is 186 Å². The maximum atomic E-state index is 12.7. The normalized spacial score (nSPS) is 13.2. The Morgan fingerprint density at radius 2 is 1.93 bits per heavy atom. The van der Waals surface area contributed by atoms with Crippen molar-refractivity contribution in [3.63, 3.8) is 0 Å². The van der Waals surface area contributed by atoms with Gasteiger partial charge in [-0.2, -0.15) is 0 Å². The Bertz CT molecular complexity index is 1100. The van der Waals surface area contributed by atoms with Gasteiger partial charge in [-0.25, -0.2) is 4.79 Å². The Morgan fingerprint density at radius 1 is 1.14 bits per heavy atom. The van der Waals surface area contributed by atoms with Crippen LogP contribution in [0.25, 0.3) is 0 Å². The van der Waals surface area contributed by atoms with E-state index in [4.69, 9.17) is 32.7 Å². The predicted octanol–water partition coefficient (Wildman–Crippen LogP) is 6.74. The molecular weight excluding hydrogens is 479 g/mol. The van der Waals surface area contributed by atoms with Crippen molar-refractivity contribution in [3.8, 4) is 17.4 Å². The van der Waals surface area contributed by atoms with Gasteiger partial charge in [-0.15, -0.1) is 10.2 Å². The third kappa shape index (κ3) is 4.55. The molecule has 1 aliphatic carbocycles. The van der Waals surface area contributed by atoms with Gasteiger partial charge in [0.25, 0.3) is 5.88 Å². The number of aryl methyl sites for hydroxylation is 1. The van der Waals surface area contributed by atoms with E-state index in [0.717, 1.165) is 24.0 Å². The summed E-state index contributed by atoms with van der Waals surface area (Å²) in [6.45, 7) is 1.96. The summed E-state index contributed by atoms with van der Waals surface area (Å²) in [6.07, 6.45) is 2.24. The highest BCUT2D eigenvalue weighted by Crippen LogP contribution is 2.47. The minimum atomic E-state index is -0.655. The van der Waals surface area contributed by atoms with Crippen molar-refractivity contribution < 1.29 is 14.3 Å². The van der Waals surface area contributed by atoms with E-state index >= 15 is 0 Å². The number of aromatic nitrogens is 2. The number of rotatable bonds is 5. The van der Waals surface area contributed by atoms with E-state index < -0.39 is 5.97 Å². The number of nitrogens with zero attached hydrogens (tertiary/aromatic N) is 2. The highest BCUT2D eigenvalue weighted by molar-refractivity contribution is 9.10. The topological polar surface area (TPSA) is 61.3 Å². The third-order valence-corrected chi connectivity index (χ3v) is 5.51. The number of halogens is 3. The third-order valence-electron chi connectivity index (χ3n) is 4.51. The lowest BCUT2D eigenvalue weighted by Crippen LogP contribution is -2.11. The number of carbonyl (C=O) groups is 1. The van der Waals surface area contributed by atoms with Gasteiger partial charge in [-0.3, -0.25) is 0 Å². The lowest BCUT2D eigenvalue weighted by atomic mass is 10.1. The Balaban J connectivity index is 1.67. The second kappa shape index (κ2) is 8.30. The first-order chi connectivity index (χ1) is 13.9. The summed E-state index contributed by atoms with van der Waals surface area (Å²) in [5.41, 5.74) is 2.27. The molecule has 8 heteroatoms. The van der Waals surface area contributed by atoms with Crippen LogP contribution in [0.3, 0.4) is 0 Å². The quantitative estimate of drug-likeness (QED) is 0.368. The second-order valence-corrected chi connectivity index (χ2v) is 8.43. The first-order valence-corrected chi connectivity index (χ1v) is 10.4. The van der Waals surface area contributed by atoms with Crippen LogP contribution in [0, 0.1) is 6.92 Å². The zero-order chi connectivity index (χ0) is 20.5. The van der Waals surface area contributed by atoms with Crippen LogP contribution in [-0.2, 0) is 0 Å². The number of hydrogen-bond acceptors (Lipinski definition) is 5. The SMILES string of the molecule is Cc1cccc(C2CC2)c1Oc1nnc(Cl)cc1OC(=O)c1cc(Br)ccc1Cl. The van der Waals surface area contributed by atoms with Crippen molar-refractivity contribution >= 4 is 45.1 Å². The molecule has 1 aliphatic rings. The summed E-state index contributed by atoms with van der Waals surface area (Å²) in [5, 5.41) is 8.18. The van der Waals surface area contributed by atoms with Crippen molar-refractivity contribution in [3.05, 3.63) is 73.8 Å². The first-order valence-electron chi connectivity index (χ1n) is 8.90. The number of carbonyl (C=O) groups excluding carboxylic acids is 1. The molecule has 148 valence electrons. The summed E-state index contributed by atoms with van der Waals surface area (Å²) in [4.78, 5) is 12.7. The smallest absolute Gasteiger partial charge is 0.345 e. The molecule has 0 amide bonds. The molecule has 0 atom stereocenters. The average Bonchev–Trinajstić information content (AvgIpc) is 3.52. The van der Waals surface area contributed by atoms with Gasteiger partial charge in [0.1, 0.15) is 5.75 Å². The summed E-state index contributed by atoms with van der Waals surface area (Å²) >= 11 is 15.4. The molecule has 1 fully saturated rings. The van der Waals surface area contributed by atoms with Crippen LogP contribution >= 0.6 is 39.1 Å². The fourth-order valence-electron chi connectivity index (χ4n) is 2.92. The molecule has 0 saturated heterocycles. The largest absolute Gasteiger partial charge is 0.434 e. The molecule has 0 radical (unpaired) electrons. The van der Waals surface area contributed by atoms with Crippen molar-refractivity contribution in [2.45, 2.75) is 25.7 Å². The molecule has 4 rings (SSSR count). The Kier molecular flexibility index (Phi) is 5.76. The Hall–Kier alpha value is -2.15. The maximum Gasteiger partial charge on any atom is 0.345 e. The minimum Gasteiger partial charge on any atom is -0.434 e. The summed E-state index contributed by atoms with van der Waals surface area (Å²) in [7, 11) is 0. The van der Waals surface area contributed by atoms with Crippen LogP contribution in [0.5, 0.6) is 17.4 Å². The molecule has 1 saturated carbocycles. The minimum absolute atomic E-state index is 0.0602. The van der Waals surface area contributed by atoms with E-state index in [1.165, 1.54) is 6.07 Å². The summed E-state index contributed by atoms with van der Waals surface area (Å²) in [6, 6.07) is 12.3. The van der Waals surface area contributed by atoms with E-state index in [1.807, 2.05) is 25.1 Å². The number of hydrogen-bond donors (Lipinski definition) is 0. The molecule has 0 bridgehead atoms. The van der Waals surface area contributed by atoms with Crippen LogP contribution in [0.4, 0.5) is 0 Å². The van der Waals surface area contributed by atoms with Crippen molar-refractivity contribution in [1.82, 2.24) is 10.2 Å². The van der Waals surface area contributed by atoms with Crippen LogP contribution in [0.1, 0.15) is 40.2 Å². The van der Waals surface area contributed by atoms with Gasteiger partial charge >= 0.3 is 5.97 Å². The second-order valence-electron chi connectivity index (χ2n) is 6.72. The van der Waals surface area contributed by atoms with Gasteiger partial charge in [-0.05, 0) is 55.0 Å². The number of esters is 1. The molecule has 0 aliphatic heterocycles. The van der Waals surface area contributed by atoms with Gasteiger partial charge in [0.05, 0.1) is 10.6 Å². The van der Waals surface area contributed by atoms with Crippen LogP contribution in [-0.4, -0.2) is 16.2 Å². The van der Waals surface area contributed by atoms with E-state index in [2.05, 4.69) is 26.1 Å². The predicted molar refractivity (Wildman–Crippen MR) is 114 cm³/mol. The number of benzene rings is 2. The Morgan fingerprint density at radius 3 is 2.69 bits per heavy atom. The molecule has 5 nitrogen and oxygen atoms in total. The van der Waals surface area contributed by atoms with Gasteiger partial charge in [-0.1, -0.05) is 57.3 Å². The average molecular weight is 494 g/mol. The van der Waals surface area contributed by atoms with Gasteiger partial charge in [0.15, 0.2) is 10.9 Å². The lowest BCUT2D eigenvalue weighted by molar-refractivity contribution is 0.0729. The molecule has 1 aromatic heterocycles. The fraction of sp³-hybridized carbons (Fsp3) is 0.190. The highest BCUT2D eigenvalue weighted by atomic mass is 79.9. The van der Waals surface area contributed by atoms with Gasteiger partial charge < -0.3 is 9.47 Å². The molecular formula is C21H15BrCl2N2O3. The van der Waals surface area contributed by atoms with Crippen LogP contribution in [0.2, 0.25) is 10.2 Å². The maximum absolute atomic E-state index is 12.7. The summed E-state index contributed by atoms with van der Waals surface area (Å²) in [5.74, 6) is 0.638. The van der Waals surface area contributed by atoms with E-state index in [9.17, 15) is 4.79 Å². The molecule has 2 aromatic carbocycles. The molecule has 3 aromatic rings. The van der Waals surface area contributed by atoms with Crippen molar-refractivity contribution in [2.75, 3.05) is 0 Å². The lowest BCUT2D eigenvalue weighted by Gasteiger charge is -2.15. The number of ether oxygens (including phenoxy) is 2. The highest BCUT2D eigenvalue weighted by Gasteiger charge is 2.28. The molecule has 29 heavy (non-hydrogen) atoms. The van der Waals surface area contributed by atoms with Crippen molar-refractivity contribution in [1.29, 1.82) is 0 Å². The molecule has 0 N–H and O–H groups in total. The molecule has 0 unspecified atom stereocenters. The molecule has 0 spiro atoms. The van der Waals surface area contributed by atoms with Crippen molar-refractivity contribution in [2.24, 2.45) is 0 Å². The standard InChI is InChI=1S/C21H15BrCl2N2O3/c1-11-3-2-4-14(12-5-6-12)19(11)29-20-17(10-18(24)25-26-20)28-21(27)15-9-13(22)7-8-16(15)23/h2-4,7-10,12H,5-6H2,1H3. The van der Waals surface area contributed by atoms with Gasteiger partial charge in [0.2, 0.25) is 0 Å². The van der Waals surface area contributed by atoms with Crippen LogP contribution in [0.15, 0.2) is 46.9 Å². The first kappa shape index (κ1) is 20.1. The molecule has 1 heterocycles. The zero-order valence-electron chi connectivity index (χ0n) is 15.3. The summed E-state index contributed by atoms with van der Waals surface area (Å²) < 4.78 is 12.3. The number of para-hydroxylation sites is 1. The van der Waals surface area contributed by atoms with E-state index in [0.29, 0.717) is 16.1 Å². The van der Waals surface area contributed by atoms with Crippen LogP contribution < -0.4 is 9.47 Å². The van der Waals surface area contributed by atoms with Gasteiger partial charge in [0, 0.05) is 10.5 Å². The van der Waals surface area contributed by atoms with E-state index in [1.54, 1.807) is 18.2 Å². The van der Waals surface area contributed by atoms with E-state index in [-0.39, 0.29) is 27.4 Å². The zero-order valence-corrected chi connectivity index (χ0v) is 18.4. The monoisotopic (exact) mass is 492 g/mol.